The highest BCUT2D eigenvalue weighted by molar-refractivity contribution is 6.30. The number of hydrogen-bond acceptors (Lipinski definition) is 3. The second-order valence-electron chi connectivity index (χ2n) is 4.15. The number of nitrogens with one attached hydrogen (secondary N) is 1. The maximum absolute atomic E-state index is 11.8. The predicted molar refractivity (Wildman–Crippen MR) is 64.0 cm³/mol. The van der Waals surface area contributed by atoms with E-state index in [0.29, 0.717) is 23.6 Å². The van der Waals surface area contributed by atoms with Crippen molar-refractivity contribution >= 4 is 23.3 Å². The molecule has 0 radical (unpaired) electrons. The Balaban J connectivity index is 1.93. The molecule has 17 heavy (non-hydrogen) atoms. The summed E-state index contributed by atoms with van der Waals surface area (Å²) in [6.07, 6.45) is 4.00. The van der Waals surface area contributed by atoms with E-state index in [1.165, 1.54) is 6.20 Å². The van der Waals surface area contributed by atoms with Gasteiger partial charge in [0.2, 0.25) is 0 Å². The van der Waals surface area contributed by atoms with Gasteiger partial charge < -0.3 is 5.32 Å². The van der Waals surface area contributed by atoms with Crippen molar-refractivity contribution in [1.29, 1.82) is 0 Å². The first kappa shape index (κ1) is 12.0. The Morgan fingerprint density at radius 3 is 2.65 bits per heavy atom. The quantitative estimate of drug-likeness (QED) is 0.876. The number of aromatic nitrogens is 1. The number of carbonyl (C=O) groups is 2. The summed E-state index contributed by atoms with van der Waals surface area (Å²) >= 11 is 5.69. The summed E-state index contributed by atoms with van der Waals surface area (Å²) in [4.78, 5) is 26.8. The number of pyridine rings is 1. The van der Waals surface area contributed by atoms with E-state index in [1.807, 2.05) is 0 Å². The zero-order valence-corrected chi connectivity index (χ0v) is 10.0. The Bertz CT molecular complexity index is 421. The van der Waals surface area contributed by atoms with Crippen molar-refractivity contribution in [3.05, 3.63) is 29.0 Å². The van der Waals surface area contributed by atoms with Crippen molar-refractivity contribution in [3.8, 4) is 0 Å². The van der Waals surface area contributed by atoms with Gasteiger partial charge >= 0.3 is 0 Å². The van der Waals surface area contributed by atoms with Crippen LogP contribution in [0.3, 0.4) is 0 Å². The second kappa shape index (κ2) is 5.27. The number of nitrogens with zero attached hydrogens (tertiary/aromatic N) is 1. The molecule has 0 atom stereocenters. The average molecular weight is 253 g/mol. The fourth-order valence-corrected chi connectivity index (χ4v) is 1.97. The number of carbonyl (C=O) groups excluding carboxylic acids is 2. The minimum Gasteiger partial charge on any atom is -0.348 e. The van der Waals surface area contributed by atoms with Gasteiger partial charge in [0.05, 0.1) is 5.02 Å². The van der Waals surface area contributed by atoms with Crippen LogP contribution in [-0.4, -0.2) is 22.7 Å². The van der Waals surface area contributed by atoms with Gasteiger partial charge in [0.25, 0.3) is 5.91 Å². The van der Waals surface area contributed by atoms with Gasteiger partial charge in [-0.1, -0.05) is 11.6 Å². The molecule has 1 aliphatic rings. The Hall–Kier alpha value is -1.42. The van der Waals surface area contributed by atoms with Crippen molar-refractivity contribution in [2.24, 2.45) is 0 Å². The topological polar surface area (TPSA) is 59.1 Å². The van der Waals surface area contributed by atoms with Crippen molar-refractivity contribution in [3.63, 3.8) is 0 Å². The Kier molecular flexibility index (Phi) is 3.74. The highest BCUT2D eigenvalue weighted by Gasteiger charge is 2.20. The molecule has 0 aliphatic heterocycles. The number of halogens is 1. The molecule has 0 aromatic carbocycles. The second-order valence-corrected chi connectivity index (χ2v) is 4.58. The van der Waals surface area contributed by atoms with Gasteiger partial charge in [-0.2, -0.15) is 0 Å². The Morgan fingerprint density at radius 2 is 2.06 bits per heavy atom. The SMILES string of the molecule is O=C1CCC(NC(=O)c2ccc(Cl)cn2)CC1. The van der Waals surface area contributed by atoms with E-state index in [1.54, 1.807) is 12.1 Å². The van der Waals surface area contributed by atoms with Gasteiger partial charge in [-0.3, -0.25) is 9.59 Å². The van der Waals surface area contributed by atoms with Crippen LogP contribution >= 0.6 is 11.6 Å². The molecule has 1 heterocycles. The van der Waals surface area contributed by atoms with Crippen molar-refractivity contribution in [2.45, 2.75) is 31.7 Å². The summed E-state index contributed by atoms with van der Waals surface area (Å²) in [5.41, 5.74) is 0.353. The minimum atomic E-state index is -0.207. The lowest BCUT2D eigenvalue weighted by Crippen LogP contribution is -2.38. The van der Waals surface area contributed by atoms with E-state index in [4.69, 9.17) is 11.6 Å². The van der Waals surface area contributed by atoms with Gasteiger partial charge in [0.1, 0.15) is 11.5 Å². The lowest BCUT2D eigenvalue weighted by molar-refractivity contribution is -0.120. The molecule has 5 heteroatoms. The smallest absolute Gasteiger partial charge is 0.270 e. The zero-order chi connectivity index (χ0) is 12.3. The van der Waals surface area contributed by atoms with Crippen molar-refractivity contribution < 1.29 is 9.59 Å². The van der Waals surface area contributed by atoms with Crippen molar-refractivity contribution in [2.75, 3.05) is 0 Å². The number of Topliss-reactive ketones (excluding diaryl/α,β-unsaturated/α-hetero) is 1. The number of rotatable bonds is 2. The fourth-order valence-electron chi connectivity index (χ4n) is 1.85. The summed E-state index contributed by atoms with van der Waals surface area (Å²) in [6.45, 7) is 0. The Morgan fingerprint density at radius 1 is 1.35 bits per heavy atom. The molecule has 0 saturated heterocycles. The normalized spacial score (nSPS) is 16.9. The fraction of sp³-hybridized carbons (Fsp3) is 0.417. The maximum Gasteiger partial charge on any atom is 0.270 e. The predicted octanol–water partition coefficient (Wildman–Crippen LogP) is 1.98. The maximum atomic E-state index is 11.8. The van der Waals surface area contributed by atoms with E-state index in [9.17, 15) is 9.59 Å². The van der Waals surface area contributed by atoms with Crippen LogP contribution in [0, 0.1) is 0 Å². The van der Waals surface area contributed by atoms with Crippen LogP contribution in [0.4, 0.5) is 0 Å². The molecule has 1 N–H and O–H groups in total. The van der Waals surface area contributed by atoms with Crippen LogP contribution in [0.1, 0.15) is 36.2 Å². The molecule has 90 valence electrons. The standard InChI is InChI=1S/C12H13ClN2O2/c13-8-1-6-11(14-7-8)12(17)15-9-2-4-10(16)5-3-9/h1,6-7,9H,2-5H2,(H,15,17). The number of hydrogen-bond donors (Lipinski definition) is 1. The minimum absolute atomic E-state index is 0.0812. The first-order valence-electron chi connectivity index (χ1n) is 5.59. The first-order valence-corrected chi connectivity index (χ1v) is 5.97. The van der Waals surface area contributed by atoms with E-state index >= 15 is 0 Å². The molecule has 1 saturated carbocycles. The summed E-state index contributed by atoms with van der Waals surface area (Å²) in [6, 6.07) is 3.30. The first-order chi connectivity index (χ1) is 8.15. The average Bonchev–Trinajstić information content (AvgIpc) is 2.33. The molecule has 0 bridgehead atoms. The molecule has 0 unspecified atom stereocenters. The summed E-state index contributed by atoms with van der Waals surface area (Å²) in [5, 5.41) is 3.38. The largest absolute Gasteiger partial charge is 0.348 e. The lowest BCUT2D eigenvalue weighted by Gasteiger charge is -2.21. The van der Waals surface area contributed by atoms with E-state index in [2.05, 4.69) is 10.3 Å². The van der Waals surface area contributed by atoms with Crippen molar-refractivity contribution in [1.82, 2.24) is 10.3 Å². The molecule has 1 aromatic heterocycles. The molecule has 1 aliphatic carbocycles. The number of ketones is 1. The molecule has 2 rings (SSSR count). The number of amides is 1. The monoisotopic (exact) mass is 252 g/mol. The van der Waals surface area contributed by atoms with Crippen LogP contribution in [0.15, 0.2) is 18.3 Å². The highest BCUT2D eigenvalue weighted by Crippen LogP contribution is 2.15. The van der Waals surface area contributed by atoms with Gasteiger partial charge in [0, 0.05) is 25.1 Å². The van der Waals surface area contributed by atoms with Gasteiger partial charge in [-0.15, -0.1) is 0 Å². The highest BCUT2D eigenvalue weighted by atomic mass is 35.5. The van der Waals surface area contributed by atoms with Crippen LogP contribution in [0.5, 0.6) is 0 Å². The molecule has 1 fully saturated rings. The van der Waals surface area contributed by atoms with E-state index < -0.39 is 0 Å². The molecule has 4 nitrogen and oxygen atoms in total. The van der Waals surface area contributed by atoms with E-state index in [0.717, 1.165) is 12.8 Å². The summed E-state index contributed by atoms with van der Waals surface area (Å²) < 4.78 is 0. The molecule has 1 amide bonds. The van der Waals surface area contributed by atoms with Gasteiger partial charge in [-0.05, 0) is 25.0 Å². The summed E-state index contributed by atoms with van der Waals surface area (Å²) in [7, 11) is 0. The zero-order valence-electron chi connectivity index (χ0n) is 9.28. The van der Waals surface area contributed by atoms with Gasteiger partial charge in [0.15, 0.2) is 0 Å². The van der Waals surface area contributed by atoms with Crippen LogP contribution in [-0.2, 0) is 4.79 Å². The third-order valence-corrected chi connectivity index (χ3v) is 3.06. The third-order valence-electron chi connectivity index (χ3n) is 2.84. The molecule has 0 spiro atoms. The third kappa shape index (κ3) is 3.27. The van der Waals surface area contributed by atoms with Crippen LogP contribution in [0.2, 0.25) is 5.02 Å². The van der Waals surface area contributed by atoms with Crippen LogP contribution in [0.25, 0.3) is 0 Å². The summed E-state index contributed by atoms with van der Waals surface area (Å²) in [5.74, 6) is 0.0705. The van der Waals surface area contributed by atoms with Crippen LogP contribution < -0.4 is 5.32 Å². The lowest BCUT2D eigenvalue weighted by atomic mass is 9.94. The molecule has 1 aromatic rings. The Labute approximate surface area is 104 Å². The van der Waals surface area contributed by atoms with Gasteiger partial charge in [-0.25, -0.2) is 4.98 Å². The van der Waals surface area contributed by atoms with E-state index in [-0.39, 0.29) is 17.7 Å². The molecular weight excluding hydrogens is 240 g/mol. The molecular formula is C12H13ClN2O2.